The fourth-order valence-corrected chi connectivity index (χ4v) is 4.45. The van der Waals surface area contributed by atoms with Gasteiger partial charge in [-0.1, -0.05) is 53.1 Å². The van der Waals surface area contributed by atoms with Gasteiger partial charge in [0.1, 0.15) is 16.1 Å². The van der Waals surface area contributed by atoms with Crippen molar-refractivity contribution in [3.63, 3.8) is 0 Å². The van der Waals surface area contributed by atoms with Gasteiger partial charge in [0, 0.05) is 5.41 Å². The van der Waals surface area contributed by atoms with Gasteiger partial charge >= 0.3 is 0 Å². The molecule has 2 nitrogen and oxygen atoms in total. The number of hydrogen-bond acceptors (Lipinski definition) is 2. The molecule has 0 amide bonds. The Balaban J connectivity index is 2.44. The lowest BCUT2D eigenvalue weighted by Gasteiger charge is -2.34. The molecular formula is C22H33NOS. The van der Waals surface area contributed by atoms with Crippen LogP contribution in [0.4, 0.5) is 0 Å². The largest absolute Gasteiger partial charge is 0.591 e. The molecule has 1 fully saturated rings. The summed E-state index contributed by atoms with van der Waals surface area (Å²) in [6, 6.07) is 8.75. The van der Waals surface area contributed by atoms with E-state index in [4.69, 9.17) is 4.40 Å². The van der Waals surface area contributed by atoms with Crippen LogP contribution in [0.25, 0.3) is 0 Å². The van der Waals surface area contributed by atoms with Gasteiger partial charge < -0.3 is 4.55 Å². The van der Waals surface area contributed by atoms with E-state index in [2.05, 4.69) is 37.8 Å². The molecule has 1 aromatic rings. The minimum atomic E-state index is -1.20. The summed E-state index contributed by atoms with van der Waals surface area (Å²) in [4.78, 5) is 0. The molecule has 1 aromatic carbocycles. The Bertz CT molecular complexity index is 617. The van der Waals surface area contributed by atoms with Gasteiger partial charge in [-0.05, 0) is 65.4 Å². The molecule has 1 aliphatic rings. The topological polar surface area (TPSA) is 35.4 Å². The highest BCUT2D eigenvalue weighted by Crippen LogP contribution is 2.40. The maximum Gasteiger partial charge on any atom is 0.144 e. The van der Waals surface area contributed by atoms with Crippen LogP contribution in [-0.2, 0) is 17.8 Å². The second-order valence-electron chi connectivity index (χ2n) is 8.40. The van der Waals surface area contributed by atoms with Crippen molar-refractivity contribution in [3.8, 4) is 0 Å². The summed E-state index contributed by atoms with van der Waals surface area (Å²) in [5.41, 5.74) is 3.75. The summed E-state index contributed by atoms with van der Waals surface area (Å²) in [6.45, 7) is 12.2. The van der Waals surface area contributed by atoms with Gasteiger partial charge in [0.2, 0.25) is 0 Å². The monoisotopic (exact) mass is 359 g/mol. The van der Waals surface area contributed by atoms with E-state index in [1.165, 1.54) is 24.0 Å². The van der Waals surface area contributed by atoms with Crippen LogP contribution in [0.3, 0.4) is 0 Å². The lowest BCUT2D eigenvalue weighted by molar-refractivity contribution is 0.378. The normalized spacial score (nSPS) is 24.8. The Morgan fingerprint density at radius 2 is 2.04 bits per heavy atom. The van der Waals surface area contributed by atoms with Gasteiger partial charge in [0.05, 0.1) is 5.71 Å². The zero-order chi connectivity index (χ0) is 18.5. The van der Waals surface area contributed by atoms with Crippen molar-refractivity contribution in [1.29, 1.82) is 0 Å². The first-order valence-corrected chi connectivity index (χ1v) is 10.5. The molecule has 2 atom stereocenters. The second kappa shape index (κ2) is 8.55. The molecule has 0 aliphatic heterocycles. The van der Waals surface area contributed by atoms with E-state index in [1.54, 1.807) is 0 Å². The SMILES string of the molecule is C=CC[C@]1(Cc2cccc(C)c2)CCCCC/C1=N\[S+]([O-])C(C)(C)C. The van der Waals surface area contributed by atoms with Gasteiger partial charge in [0.15, 0.2) is 0 Å². The summed E-state index contributed by atoms with van der Waals surface area (Å²) in [5, 5.41) is 0. The quantitative estimate of drug-likeness (QED) is 0.362. The van der Waals surface area contributed by atoms with Crippen molar-refractivity contribution in [2.45, 2.75) is 77.4 Å². The highest BCUT2D eigenvalue weighted by Gasteiger charge is 2.39. The van der Waals surface area contributed by atoms with E-state index in [1.807, 2.05) is 26.8 Å². The smallest absolute Gasteiger partial charge is 0.144 e. The third kappa shape index (κ3) is 5.46. The maximum absolute atomic E-state index is 12.7. The Morgan fingerprint density at radius 1 is 1.28 bits per heavy atom. The summed E-state index contributed by atoms with van der Waals surface area (Å²) >= 11 is -1.20. The molecule has 0 radical (unpaired) electrons. The highest BCUT2D eigenvalue weighted by atomic mass is 32.2. The van der Waals surface area contributed by atoms with Gasteiger partial charge in [-0.15, -0.1) is 6.58 Å². The van der Waals surface area contributed by atoms with Crippen molar-refractivity contribution < 1.29 is 4.55 Å². The van der Waals surface area contributed by atoms with Crippen LogP contribution in [-0.4, -0.2) is 15.0 Å². The second-order valence-corrected chi connectivity index (χ2v) is 10.3. The molecule has 2 rings (SSSR count). The molecule has 0 saturated heterocycles. The Hall–Kier alpha value is -1.06. The fourth-order valence-electron chi connectivity index (χ4n) is 3.69. The van der Waals surface area contributed by atoms with Gasteiger partial charge in [-0.25, -0.2) is 0 Å². The van der Waals surface area contributed by atoms with Gasteiger partial charge in [-0.3, -0.25) is 0 Å². The lowest BCUT2D eigenvalue weighted by Crippen LogP contribution is -2.35. The summed E-state index contributed by atoms with van der Waals surface area (Å²) in [6.07, 6.45) is 9.54. The first-order chi connectivity index (χ1) is 11.8. The molecule has 138 valence electrons. The minimum absolute atomic E-state index is 0.0348. The standard InChI is InChI=1S/C22H33NOS/c1-6-14-22(17-19-12-10-11-18(2)16-19)15-9-7-8-13-20(22)23-25(24)21(3,4)5/h6,10-12,16H,1,7-9,13-15,17H2,2-5H3/b23-20+/t22-,25?/m1/s1. The molecule has 1 aliphatic carbocycles. The van der Waals surface area contributed by atoms with E-state index in [9.17, 15) is 4.55 Å². The van der Waals surface area contributed by atoms with E-state index in [0.29, 0.717) is 0 Å². The first-order valence-electron chi connectivity index (χ1n) is 9.43. The highest BCUT2D eigenvalue weighted by molar-refractivity contribution is 7.91. The molecule has 1 unspecified atom stereocenters. The Morgan fingerprint density at radius 3 is 2.68 bits per heavy atom. The van der Waals surface area contributed by atoms with Crippen LogP contribution in [0.1, 0.15) is 70.4 Å². The number of allylic oxidation sites excluding steroid dienone is 1. The summed E-state index contributed by atoms with van der Waals surface area (Å²) in [7, 11) is 0. The maximum atomic E-state index is 12.7. The van der Waals surface area contributed by atoms with Crippen LogP contribution in [0.2, 0.25) is 0 Å². The molecule has 0 heterocycles. The van der Waals surface area contributed by atoms with Crippen molar-refractivity contribution >= 4 is 17.1 Å². The summed E-state index contributed by atoms with van der Waals surface area (Å²) in [5.74, 6) is 0. The predicted octanol–water partition coefficient (Wildman–Crippen LogP) is 5.97. The Labute approximate surface area is 157 Å². The molecule has 0 N–H and O–H groups in total. The van der Waals surface area contributed by atoms with E-state index >= 15 is 0 Å². The Kier molecular flexibility index (Phi) is 6.93. The van der Waals surface area contributed by atoms with Crippen molar-refractivity contribution in [2.24, 2.45) is 9.81 Å². The van der Waals surface area contributed by atoms with E-state index < -0.39 is 11.4 Å². The van der Waals surface area contributed by atoms with Crippen LogP contribution < -0.4 is 0 Å². The van der Waals surface area contributed by atoms with Crippen LogP contribution in [0, 0.1) is 12.3 Å². The van der Waals surface area contributed by atoms with Gasteiger partial charge in [-0.2, -0.15) is 0 Å². The molecule has 3 heteroatoms. The average molecular weight is 360 g/mol. The van der Waals surface area contributed by atoms with Crippen molar-refractivity contribution in [3.05, 3.63) is 48.0 Å². The van der Waals surface area contributed by atoms with Crippen LogP contribution in [0.15, 0.2) is 41.3 Å². The van der Waals surface area contributed by atoms with E-state index in [-0.39, 0.29) is 10.2 Å². The van der Waals surface area contributed by atoms with E-state index in [0.717, 1.165) is 37.8 Å². The summed E-state index contributed by atoms with van der Waals surface area (Å²) < 4.78 is 17.2. The zero-order valence-electron chi connectivity index (χ0n) is 16.3. The zero-order valence-corrected chi connectivity index (χ0v) is 17.1. The molecule has 25 heavy (non-hydrogen) atoms. The average Bonchev–Trinajstić information content (AvgIpc) is 2.70. The van der Waals surface area contributed by atoms with Crippen molar-refractivity contribution in [2.75, 3.05) is 0 Å². The predicted molar refractivity (Wildman–Crippen MR) is 111 cm³/mol. The van der Waals surface area contributed by atoms with Crippen LogP contribution >= 0.6 is 0 Å². The molecule has 1 saturated carbocycles. The first kappa shape index (κ1) is 20.3. The fraction of sp³-hybridized carbons (Fsp3) is 0.591. The third-order valence-corrected chi connectivity index (χ3v) is 6.49. The number of aryl methyl sites for hydroxylation is 1. The molecular weight excluding hydrogens is 326 g/mol. The van der Waals surface area contributed by atoms with Crippen molar-refractivity contribution in [1.82, 2.24) is 0 Å². The third-order valence-electron chi connectivity index (χ3n) is 5.06. The minimum Gasteiger partial charge on any atom is -0.591 e. The lowest BCUT2D eigenvalue weighted by atomic mass is 9.71. The van der Waals surface area contributed by atoms with Crippen LogP contribution in [0.5, 0.6) is 0 Å². The molecule has 0 aromatic heterocycles. The number of nitrogens with zero attached hydrogens (tertiary/aromatic N) is 1. The number of rotatable bonds is 5. The number of benzene rings is 1. The number of hydrogen-bond donors (Lipinski definition) is 0. The molecule has 0 bridgehead atoms. The van der Waals surface area contributed by atoms with Gasteiger partial charge in [0.25, 0.3) is 0 Å². The molecule has 0 spiro atoms.